The molecule has 0 amide bonds. The highest BCUT2D eigenvalue weighted by molar-refractivity contribution is 5.85. The molecule has 2 aromatic rings. The molecule has 1 fully saturated rings. The molecule has 0 saturated heterocycles. The summed E-state index contributed by atoms with van der Waals surface area (Å²) in [6.07, 6.45) is 18.5. The van der Waals surface area contributed by atoms with Gasteiger partial charge in [-0.1, -0.05) is 49.4 Å². The van der Waals surface area contributed by atoms with E-state index in [9.17, 15) is 4.39 Å². The van der Waals surface area contributed by atoms with Gasteiger partial charge >= 0.3 is 0 Å². The second-order valence-electron chi connectivity index (χ2n) is 7.76. The van der Waals surface area contributed by atoms with Crippen LogP contribution >= 0.6 is 0 Å². The van der Waals surface area contributed by atoms with Gasteiger partial charge in [-0.2, -0.15) is 0 Å². The number of hydrogen-bond donors (Lipinski definition) is 0. The Bertz CT molecular complexity index is 886. The normalized spacial score (nSPS) is 14.2. The van der Waals surface area contributed by atoms with Crippen molar-refractivity contribution in [3.8, 4) is 11.1 Å². The lowest BCUT2D eigenvalue weighted by atomic mass is 9.89. The monoisotopic (exact) mass is 389 g/mol. The number of nitrogens with zero attached hydrogens (tertiary/aromatic N) is 1. The predicted octanol–water partition coefficient (Wildman–Crippen LogP) is 8.12. The number of allylic oxidation sites excluding steroid dienone is 3. The molecular weight excluding hydrogens is 357 g/mol. The third-order valence-corrected chi connectivity index (χ3v) is 5.46. The van der Waals surface area contributed by atoms with Crippen molar-refractivity contribution in [3.05, 3.63) is 77.4 Å². The quantitative estimate of drug-likeness (QED) is 0.295. The van der Waals surface area contributed by atoms with Crippen molar-refractivity contribution >= 4 is 12.2 Å². The number of halogens is 1. The SMILES string of the molecule is C=CCCCC/C=C/c1c(C2CC2)nc(CC)c(/C=C\C)c1-c1ccc(F)cc1. The largest absolute Gasteiger partial charge is 0.256 e. The highest BCUT2D eigenvalue weighted by Crippen LogP contribution is 2.45. The number of unbranched alkanes of at least 4 members (excludes halogenated alkanes) is 3. The molecule has 1 nitrogen and oxygen atoms in total. The van der Waals surface area contributed by atoms with Crippen LogP contribution < -0.4 is 0 Å². The van der Waals surface area contributed by atoms with Crippen molar-refractivity contribution in [3.63, 3.8) is 0 Å². The molecule has 0 aliphatic heterocycles. The summed E-state index contributed by atoms with van der Waals surface area (Å²) in [6, 6.07) is 6.91. The minimum absolute atomic E-state index is 0.201. The number of benzene rings is 1. The lowest BCUT2D eigenvalue weighted by Crippen LogP contribution is -2.04. The molecule has 1 aliphatic rings. The smallest absolute Gasteiger partial charge is 0.123 e. The maximum atomic E-state index is 13.6. The van der Waals surface area contributed by atoms with E-state index in [1.54, 1.807) is 12.1 Å². The summed E-state index contributed by atoms with van der Waals surface area (Å²) in [5.74, 6) is 0.354. The molecule has 1 saturated carbocycles. The molecule has 152 valence electrons. The van der Waals surface area contributed by atoms with E-state index >= 15 is 0 Å². The van der Waals surface area contributed by atoms with E-state index in [1.165, 1.54) is 36.1 Å². The number of rotatable bonds is 10. The Balaban J connectivity index is 2.11. The summed E-state index contributed by atoms with van der Waals surface area (Å²) < 4.78 is 13.6. The van der Waals surface area contributed by atoms with Gasteiger partial charge in [0.2, 0.25) is 0 Å². The molecule has 1 heterocycles. The van der Waals surface area contributed by atoms with E-state index in [4.69, 9.17) is 4.98 Å². The number of pyridine rings is 1. The molecule has 0 atom stereocenters. The third-order valence-electron chi connectivity index (χ3n) is 5.46. The molecular formula is C27H32FN. The first-order valence-corrected chi connectivity index (χ1v) is 10.9. The first kappa shape index (κ1) is 21.2. The van der Waals surface area contributed by atoms with Crippen LogP contribution in [-0.4, -0.2) is 4.98 Å². The van der Waals surface area contributed by atoms with Crippen LogP contribution in [0.2, 0.25) is 0 Å². The number of aromatic nitrogens is 1. The molecule has 1 aromatic heterocycles. The molecule has 1 aromatic carbocycles. The van der Waals surface area contributed by atoms with Crippen LogP contribution in [0.3, 0.4) is 0 Å². The summed E-state index contributed by atoms with van der Waals surface area (Å²) in [5.41, 5.74) is 6.98. The standard InChI is InChI=1S/C27H32FN/c1-4-7-8-9-10-11-13-24-26(20-16-18-22(28)19-17-20)23(12-5-2)25(6-3)29-27(24)21-14-15-21/h4-5,11-13,16-19,21H,1,6-10,14-15H2,2-3H3/b12-5-,13-11+. The zero-order chi connectivity index (χ0) is 20.6. The molecule has 29 heavy (non-hydrogen) atoms. The highest BCUT2D eigenvalue weighted by Gasteiger charge is 2.30. The van der Waals surface area contributed by atoms with Crippen LogP contribution in [0.25, 0.3) is 23.3 Å². The summed E-state index contributed by atoms with van der Waals surface area (Å²) in [4.78, 5) is 5.11. The average molecular weight is 390 g/mol. The summed E-state index contributed by atoms with van der Waals surface area (Å²) in [6.45, 7) is 8.00. The average Bonchev–Trinajstić information content (AvgIpc) is 3.57. The number of hydrogen-bond acceptors (Lipinski definition) is 1. The van der Waals surface area contributed by atoms with Gasteiger partial charge in [0.1, 0.15) is 5.82 Å². The topological polar surface area (TPSA) is 12.9 Å². The fourth-order valence-corrected chi connectivity index (χ4v) is 3.82. The Hall–Kier alpha value is -2.48. The second-order valence-corrected chi connectivity index (χ2v) is 7.76. The minimum atomic E-state index is -0.201. The van der Waals surface area contributed by atoms with E-state index in [-0.39, 0.29) is 5.82 Å². The van der Waals surface area contributed by atoms with Crippen LogP contribution in [0.15, 0.2) is 49.1 Å². The van der Waals surface area contributed by atoms with E-state index in [0.717, 1.165) is 42.5 Å². The number of aryl methyl sites for hydroxylation is 1. The van der Waals surface area contributed by atoms with Gasteiger partial charge < -0.3 is 0 Å². The Morgan fingerprint density at radius 3 is 2.41 bits per heavy atom. The highest BCUT2D eigenvalue weighted by atomic mass is 19.1. The Morgan fingerprint density at radius 2 is 1.79 bits per heavy atom. The Kier molecular flexibility index (Phi) is 7.57. The predicted molar refractivity (Wildman–Crippen MR) is 123 cm³/mol. The fourth-order valence-electron chi connectivity index (χ4n) is 3.82. The zero-order valence-electron chi connectivity index (χ0n) is 17.8. The molecule has 3 rings (SSSR count). The van der Waals surface area contributed by atoms with Crippen molar-refractivity contribution in [1.29, 1.82) is 0 Å². The Labute approximate surface area is 175 Å². The van der Waals surface area contributed by atoms with Gasteiger partial charge in [-0.05, 0) is 75.1 Å². The third kappa shape index (κ3) is 5.32. The van der Waals surface area contributed by atoms with E-state index in [0.29, 0.717) is 5.92 Å². The van der Waals surface area contributed by atoms with Crippen molar-refractivity contribution in [2.75, 3.05) is 0 Å². The van der Waals surface area contributed by atoms with Crippen molar-refractivity contribution in [2.24, 2.45) is 0 Å². The maximum absolute atomic E-state index is 13.6. The molecule has 0 radical (unpaired) electrons. The van der Waals surface area contributed by atoms with Crippen molar-refractivity contribution < 1.29 is 4.39 Å². The lowest BCUT2D eigenvalue weighted by Gasteiger charge is -2.18. The van der Waals surface area contributed by atoms with Crippen LogP contribution in [0, 0.1) is 5.82 Å². The van der Waals surface area contributed by atoms with Crippen LogP contribution in [0.4, 0.5) is 4.39 Å². The van der Waals surface area contributed by atoms with Crippen LogP contribution in [-0.2, 0) is 6.42 Å². The van der Waals surface area contributed by atoms with Crippen molar-refractivity contribution in [1.82, 2.24) is 4.98 Å². The summed E-state index contributed by atoms with van der Waals surface area (Å²) in [7, 11) is 0. The van der Waals surface area contributed by atoms with Gasteiger partial charge in [0.05, 0.1) is 5.69 Å². The summed E-state index contributed by atoms with van der Waals surface area (Å²) >= 11 is 0. The van der Waals surface area contributed by atoms with Gasteiger partial charge in [0.15, 0.2) is 0 Å². The summed E-state index contributed by atoms with van der Waals surface area (Å²) in [5, 5.41) is 0. The van der Waals surface area contributed by atoms with E-state index in [2.05, 4.69) is 37.8 Å². The molecule has 0 spiro atoms. The first-order valence-electron chi connectivity index (χ1n) is 10.9. The van der Waals surface area contributed by atoms with E-state index in [1.807, 2.05) is 25.1 Å². The van der Waals surface area contributed by atoms with Gasteiger partial charge in [-0.25, -0.2) is 4.39 Å². The van der Waals surface area contributed by atoms with Crippen LogP contribution in [0.1, 0.15) is 80.8 Å². The fraction of sp³-hybridized carbons (Fsp3) is 0.370. The molecule has 0 bridgehead atoms. The van der Waals surface area contributed by atoms with Gasteiger partial charge in [-0.3, -0.25) is 4.98 Å². The van der Waals surface area contributed by atoms with Gasteiger partial charge in [0.25, 0.3) is 0 Å². The van der Waals surface area contributed by atoms with E-state index < -0.39 is 0 Å². The van der Waals surface area contributed by atoms with Crippen LogP contribution in [0.5, 0.6) is 0 Å². The minimum Gasteiger partial charge on any atom is -0.256 e. The van der Waals surface area contributed by atoms with Gasteiger partial charge in [-0.15, -0.1) is 6.58 Å². The maximum Gasteiger partial charge on any atom is 0.123 e. The molecule has 1 aliphatic carbocycles. The van der Waals surface area contributed by atoms with Gasteiger partial charge in [0, 0.05) is 22.7 Å². The molecule has 2 heteroatoms. The molecule has 0 N–H and O–H groups in total. The zero-order valence-corrected chi connectivity index (χ0v) is 17.8. The van der Waals surface area contributed by atoms with Crippen molar-refractivity contribution in [2.45, 2.75) is 64.7 Å². The second kappa shape index (κ2) is 10.3. The molecule has 0 unspecified atom stereocenters. The Morgan fingerprint density at radius 1 is 1.07 bits per heavy atom. The first-order chi connectivity index (χ1) is 14.2. The lowest BCUT2D eigenvalue weighted by molar-refractivity contribution is 0.628.